The summed E-state index contributed by atoms with van der Waals surface area (Å²) in [5.74, 6) is -0.233. The molecular weight excluding hydrogens is 344 g/mol. The number of H-pyrrole nitrogens is 1. The molecule has 0 unspecified atom stereocenters. The van der Waals surface area contributed by atoms with Crippen LogP contribution >= 0.6 is 15.9 Å². The molecular formula is C16H13BrN4O. The van der Waals surface area contributed by atoms with Crippen molar-refractivity contribution >= 4 is 27.5 Å². The lowest BCUT2D eigenvalue weighted by Gasteiger charge is -2.05. The Morgan fingerprint density at radius 2 is 1.95 bits per heavy atom. The number of hydrogen-bond acceptors (Lipinski definition) is 3. The molecule has 0 saturated heterocycles. The molecule has 0 aliphatic rings. The molecule has 0 spiro atoms. The Morgan fingerprint density at radius 1 is 1.18 bits per heavy atom. The number of aromatic amines is 1. The summed E-state index contributed by atoms with van der Waals surface area (Å²) in [4.78, 5) is 16.2. The number of anilines is 1. The molecule has 3 aromatic rings. The van der Waals surface area contributed by atoms with E-state index in [0.29, 0.717) is 11.4 Å². The van der Waals surface area contributed by atoms with E-state index in [4.69, 9.17) is 0 Å². The van der Waals surface area contributed by atoms with Gasteiger partial charge in [-0.3, -0.25) is 14.9 Å². The molecule has 0 atom stereocenters. The Balaban J connectivity index is 1.78. The molecule has 0 aliphatic heterocycles. The van der Waals surface area contributed by atoms with Crippen LogP contribution in [-0.4, -0.2) is 21.1 Å². The van der Waals surface area contributed by atoms with Gasteiger partial charge >= 0.3 is 0 Å². The van der Waals surface area contributed by atoms with Crippen molar-refractivity contribution in [2.75, 3.05) is 5.32 Å². The van der Waals surface area contributed by atoms with Gasteiger partial charge in [-0.1, -0.05) is 22.0 Å². The fourth-order valence-corrected chi connectivity index (χ4v) is 2.36. The van der Waals surface area contributed by atoms with Crippen LogP contribution in [-0.2, 0) is 0 Å². The van der Waals surface area contributed by atoms with Crippen molar-refractivity contribution in [1.29, 1.82) is 0 Å². The molecule has 1 aromatic carbocycles. The molecule has 2 aromatic heterocycles. The van der Waals surface area contributed by atoms with Crippen molar-refractivity contribution in [3.05, 3.63) is 64.5 Å². The molecule has 2 N–H and O–H groups in total. The minimum absolute atomic E-state index is 0.233. The first-order valence-electron chi connectivity index (χ1n) is 6.67. The molecule has 3 rings (SSSR count). The van der Waals surface area contributed by atoms with Crippen molar-refractivity contribution in [1.82, 2.24) is 15.2 Å². The minimum atomic E-state index is -0.233. The number of nitrogens with zero attached hydrogens (tertiary/aromatic N) is 2. The average molecular weight is 357 g/mol. The Morgan fingerprint density at radius 3 is 2.68 bits per heavy atom. The lowest BCUT2D eigenvalue weighted by molar-refractivity contribution is 0.102. The predicted octanol–water partition coefficient (Wildman–Crippen LogP) is 3.79. The number of halogens is 1. The van der Waals surface area contributed by atoms with Gasteiger partial charge in [0.05, 0.1) is 5.69 Å². The number of carbonyl (C=O) groups excluding carboxylic acids is 1. The van der Waals surface area contributed by atoms with Gasteiger partial charge in [-0.15, -0.1) is 0 Å². The summed E-state index contributed by atoms with van der Waals surface area (Å²) in [5.41, 5.74) is 3.85. The first-order chi connectivity index (χ1) is 10.6. The van der Waals surface area contributed by atoms with Crippen LogP contribution < -0.4 is 5.32 Å². The van der Waals surface area contributed by atoms with Crippen molar-refractivity contribution in [3.8, 4) is 11.3 Å². The zero-order valence-corrected chi connectivity index (χ0v) is 13.4. The van der Waals surface area contributed by atoms with E-state index >= 15 is 0 Å². The molecule has 0 fully saturated rings. The maximum absolute atomic E-state index is 12.2. The van der Waals surface area contributed by atoms with Crippen LogP contribution in [0.2, 0.25) is 0 Å². The number of aromatic nitrogens is 3. The van der Waals surface area contributed by atoms with E-state index in [1.165, 1.54) is 0 Å². The molecule has 0 radical (unpaired) electrons. The summed E-state index contributed by atoms with van der Waals surface area (Å²) in [5, 5.41) is 9.75. The van der Waals surface area contributed by atoms with E-state index in [1.807, 2.05) is 37.3 Å². The molecule has 1 amide bonds. The topological polar surface area (TPSA) is 70.7 Å². The van der Waals surface area contributed by atoms with Gasteiger partial charge in [0, 0.05) is 28.1 Å². The monoisotopic (exact) mass is 356 g/mol. The van der Waals surface area contributed by atoms with E-state index in [1.54, 1.807) is 18.5 Å². The quantitative estimate of drug-likeness (QED) is 0.749. The molecule has 0 aliphatic carbocycles. The highest BCUT2D eigenvalue weighted by Gasteiger charge is 2.11. The Kier molecular flexibility index (Phi) is 4.02. The third-order valence-corrected chi connectivity index (χ3v) is 4.08. The zero-order valence-electron chi connectivity index (χ0n) is 11.8. The fraction of sp³-hybridized carbons (Fsp3) is 0.0625. The molecule has 2 heterocycles. The van der Waals surface area contributed by atoms with Crippen LogP contribution in [0.15, 0.2) is 53.3 Å². The number of rotatable bonds is 3. The summed E-state index contributed by atoms with van der Waals surface area (Å²) >= 11 is 3.45. The van der Waals surface area contributed by atoms with E-state index < -0.39 is 0 Å². The third kappa shape index (κ3) is 3.07. The number of amides is 1. The second-order valence-corrected chi connectivity index (χ2v) is 5.68. The number of aryl methyl sites for hydroxylation is 1. The largest absolute Gasteiger partial charge is 0.321 e. The third-order valence-electron chi connectivity index (χ3n) is 3.23. The second kappa shape index (κ2) is 6.11. The molecule has 110 valence electrons. The normalized spacial score (nSPS) is 10.5. The number of nitrogens with one attached hydrogen (secondary N) is 2. The van der Waals surface area contributed by atoms with Gasteiger partial charge in [0.2, 0.25) is 0 Å². The standard InChI is InChI=1S/C16H13BrN4O/c1-10-2-3-12(8-13(10)17)19-16(22)15-9-14(20-21-15)11-4-6-18-7-5-11/h2-9H,1H3,(H,19,22)(H,20,21). The summed E-state index contributed by atoms with van der Waals surface area (Å²) in [6, 6.07) is 11.1. The fourth-order valence-electron chi connectivity index (χ4n) is 1.98. The van der Waals surface area contributed by atoms with Crippen LogP contribution in [0.1, 0.15) is 16.1 Å². The lowest BCUT2D eigenvalue weighted by Crippen LogP contribution is -2.12. The van der Waals surface area contributed by atoms with Crippen LogP contribution in [0.4, 0.5) is 5.69 Å². The van der Waals surface area contributed by atoms with Crippen LogP contribution in [0.3, 0.4) is 0 Å². The SMILES string of the molecule is Cc1ccc(NC(=O)c2cc(-c3ccncc3)n[nH]2)cc1Br. The Hall–Kier alpha value is -2.47. The number of pyridine rings is 1. The highest BCUT2D eigenvalue weighted by Crippen LogP contribution is 2.21. The van der Waals surface area contributed by atoms with Crippen LogP contribution in [0, 0.1) is 6.92 Å². The minimum Gasteiger partial charge on any atom is -0.321 e. The van der Waals surface area contributed by atoms with Crippen molar-refractivity contribution in [2.24, 2.45) is 0 Å². The molecule has 5 nitrogen and oxygen atoms in total. The highest BCUT2D eigenvalue weighted by atomic mass is 79.9. The average Bonchev–Trinajstić information content (AvgIpc) is 3.02. The second-order valence-electron chi connectivity index (χ2n) is 4.82. The number of hydrogen-bond donors (Lipinski definition) is 2. The maximum Gasteiger partial charge on any atom is 0.273 e. The van der Waals surface area contributed by atoms with Gasteiger partial charge in [-0.25, -0.2) is 0 Å². The lowest BCUT2D eigenvalue weighted by atomic mass is 10.2. The highest BCUT2D eigenvalue weighted by molar-refractivity contribution is 9.10. The molecule has 0 bridgehead atoms. The number of benzene rings is 1. The summed E-state index contributed by atoms with van der Waals surface area (Å²) in [7, 11) is 0. The van der Waals surface area contributed by atoms with E-state index in [0.717, 1.165) is 21.3 Å². The van der Waals surface area contributed by atoms with E-state index in [9.17, 15) is 4.79 Å². The van der Waals surface area contributed by atoms with Gasteiger partial charge < -0.3 is 5.32 Å². The van der Waals surface area contributed by atoms with Crippen LogP contribution in [0.5, 0.6) is 0 Å². The number of carbonyl (C=O) groups is 1. The first kappa shape index (κ1) is 14.5. The van der Waals surface area contributed by atoms with Crippen molar-refractivity contribution in [3.63, 3.8) is 0 Å². The molecule has 6 heteroatoms. The van der Waals surface area contributed by atoms with Gasteiger partial charge in [0.25, 0.3) is 5.91 Å². The van der Waals surface area contributed by atoms with Crippen LogP contribution in [0.25, 0.3) is 11.3 Å². The maximum atomic E-state index is 12.2. The summed E-state index contributed by atoms with van der Waals surface area (Å²) in [6.07, 6.45) is 3.38. The van der Waals surface area contributed by atoms with E-state index in [-0.39, 0.29) is 5.91 Å². The smallest absolute Gasteiger partial charge is 0.273 e. The van der Waals surface area contributed by atoms with Crippen molar-refractivity contribution in [2.45, 2.75) is 6.92 Å². The predicted molar refractivity (Wildman–Crippen MR) is 88.7 cm³/mol. The van der Waals surface area contributed by atoms with Gasteiger partial charge in [0.15, 0.2) is 0 Å². The Labute approximate surface area is 135 Å². The van der Waals surface area contributed by atoms with Gasteiger partial charge in [0.1, 0.15) is 5.69 Å². The Bertz CT molecular complexity index is 814. The van der Waals surface area contributed by atoms with E-state index in [2.05, 4.69) is 36.4 Å². The van der Waals surface area contributed by atoms with Crippen molar-refractivity contribution < 1.29 is 4.79 Å². The first-order valence-corrected chi connectivity index (χ1v) is 7.46. The summed E-state index contributed by atoms with van der Waals surface area (Å²) < 4.78 is 0.951. The summed E-state index contributed by atoms with van der Waals surface area (Å²) in [6.45, 7) is 1.99. The van der Waals surface area contributed by atoms with Gasteiger partial charge in [-0.2, -0.15) is 5.10 Å². The molecule has 0 saturated carbocycles. The molecule has 22 heavy (non-hydrogen) atoms. The van der Waals surface area contributed by atoms with Gasteiger partial charge in [-0.05, 0) is 42.8 Å². The zero-order chi connectivity index (χ0) is 15.5.